The van der Waals surface area contributed by atoms with E-state index in [0.29, 0.717) is 32.6 Å². The van der Waals surface area contributed by atoms with Crippen LogP contribution in [0, 0.1) is 0 Å². The van der Waals surface area contributed by atoms with E-state index in [2.05, 4.69) is 35.6 Å². The molecule has 0 atom stereocenters. The minimum Gasteiger partial charge on any atom is -0.381 e. The number of carbonyl (C=O) groups excluding carboxylic acids is 1. The van der Waals surface area contributed by atoms with Crippen molar-refractivity contribution in [3.8, 4) is 0 Å². The zero-order valence-corrected chi connectivity index (χ0v) is 13.9. The van der Waals surface area contributed by atoms with Crippen molar-refractivity contribution >= 4 is 29.1 Å². The lowest BCUT2D eigenvalue weighted by molar-refractivity contribution is -0.129. The van der Waals surface area contributed by atoms with Crippen LogP contribution in [0.15, 0.2) is 42.5 Å². The third-order valence-electron chi connectivity index (χ3n) is 4.40. The van der Waals surface area contributed by atoms with Crippen LogP contribution in [0.25, 0.3) is 10.8 Å². The van der Waals surface area contributed by atoms with E-state index < -0.39 is 5.54 Å². The van der Waals surface area contributed by atoms with E-state index in [1.165, 1.54) is 16.3 Å². The number of ether oxygens (including phenoxy) is 1. The topological polar surface area (TPSA) is 64.4 Å². The Kier molecular flexibility index (Phi) is 5.99. The molecule has 23 heavy (non-hydrogen) atoms. The Morgan fingerprint density at radius 2 is 1.83 bits per heavy atom. The van der Waals surface area contributed by atoms with Crippen LogP contribution in [0.4, 0.5) is 0 Å². The van der Waals surface area contributed by atoms with Crippen LogP contribution in [-0.2, 0) is 16.0 Å². The highest BCUT2D eigenvalue weighted by atomic mass is 35.5. The van der Waals surface area contributed by atoms with Crippen molar-refractivity contribution in [2.45, 2.75) is 24.8 Å². The first kappa shape index (κ1) is 17.7. The number of rotatable bonds is 4. The summed E-state index contributed by atoms with van der Waals surface area (Å²) in [6.07, 6.45) is 1.99. The van der Waals surface area contributed by atoms with E-state index in [0.717, 1.165) is 6.42 Å². The van der Waals surface area contributed by atoms with Crippen LogP contribution in [0.3, 0.4) is 0 Å². The molecule has 0 aromatic heterocycles. The molecule has 0 radical (unpaired) electrons. The van der Waals surface area contributed by atoms with E-state index in [1.807, 2.05) is 12.1 Å². The van der Waals surface area contributed by atoms with E-state index in [9.17, 15) is 4.79 Å². The smallest absolute Gasteiger partial charge is 0.240 e. The van der Waals surface area contributed by atoms with Crippen molar-refractivity contribution in [2.75, 3.05) is 19.8 Å². The molecule has 124 valence electrons. The highest BCUT2D eigenvalue weighted by molar-refractivity contribution is 5.87. The van der Waals surface area contributed by atoms with Crippen LogP contribution in [0.2, 0.25) is 0 Å². The van der Waals surface area contributed by atoms with Gasteiger partial charge in [-0.05, 0) is 35.6 Å². The van der Waals surface area contributed by atoms with Gasteiger partial charge in [0.2, 0.25) is 5.91 Å². The highest BCUT2D eigenvalue weighted by Crippen LogP contribution is 2.19. The maximum absolute atomic E-state index is 12.3. The van der Waals surface area contributed by atoms with Crippen molar-refractivity contribution in [3.63, 3.8) is 0 Å². The lowest BCUT2D eigenvalue weighted by Gasteiger charge is -2.31. The largest absolute Gasteiger partial charge is 0.381 e. The van der Waals surface area contributed by atoms with Gasteiger partial charge in [-0.2, -0.15) is 0 Å². The molecule has 1 saturated heterocycles. The predicted molar refractivity (Wildman–Crippen MR) is 94.9 cm³/mol. The average Bonchev–Trinajstić information content (AvgIpc) is 2.55. The fourth-order valence-electron chi connectivity index (χ4n) is 2.96. The quantitative estimate of drug-likeness (QED) is 0.902. The van der Waals surface area contributed by atoms with Gasteiger partial charge in [-0.3, -0.25) is 4.79 Å². The molecule has 0 aliphatic carbocycles. The number of amides is 1. The summed E-state index contributed by atoms with van der Waals surface area (Å²) in [6, 6.07) is 14.6. The Balaban J connectivity index is 0.00000192. The number of nitrogens with one attached hydrogen (secondary N) is 1. The fourth-order valence-corrected chi connectivity index (χ4v) is 2.96. The first-order valence-electron chi connectivity index (χ1n) is 7.81. The predicted octanol–water partition coefficient (Wildman–Crippen LogP) is 2.43. The maximum Gasteiger partial charge on any atom is 0.240 e. The van der Waals surface area contributed by atoms with E-state index in [1.54, 1.807) is 0 Å². The minimum atomic E-state index is -0.767. The van der Waals surface area contributed by atoms with Crippen molar-refractivity contribution in [3.05, 3.63) is 48.0 Å². The first-order chi connectivity index (χ1) is 10.7. The molecule has 0 bridgehead atoms. The first-order valence-corrected chi connectivity index (χ1v) is 7.81. The summed E-state index contributed by atoms with van der Waals surface area (Å²) in [5, 5.41) is 5.46. The summed E-state index contributed by atoms with van der Waals surface area (Å²) < 4.78 is 5.28. The number of benzene rings is 2. The molecule has 0 saturated carbocycles. The van der Waals surface area contributed by atoms with Gasteiger partial charge in [0.1, 0.15) is 0 Å². The molecule has 4 nitrogen and oxygen atoms in total. The molecule has 1 fully saturated rings. The Hall–Kier alpha value is -1.62. The van der Waals surface area contributed by atoms with Crippen molar-refractivity contribution in [1.82, 2.24) is 5.32 Å². The zero-order valence-electron chi connectivity index (χ0n) is 13.1. The molecule has 5 heteroatoms. The summed E-state index contributed by atoms with van der Waals surface area (Å²) in [7, 11) is 0. The number of halogens is 1. The van der Waals surface area contributed by atoms with Gasteiger partial charge in [0, 0.05) is 19.8 Å². The molecule has 2 aromatic rings. The standard InChI is InChI=1S/C18H22N2O2.ClH/c19-18(9-12-22-13-10-18)17(21)20-11-8-15-6-3-5-14-4-1-2-7-16(14)15;/h1-7H,8-13,19H2,(H,20,21);1H. The summed E-state index contributed by atoms with van der Waals surface area (Å²) in [4.78, 5) is 12.3. The van der Waals surface area contributed by atoms with E-state index >= 15 is 0 Å². The molecule has 3 rings (SSSR count). The average molecular weight is 335 g/mol. The normalized spacial score (nSPS) is 16.6. The van der Waals surface area contributed by atoms with Crippen molar-refractivity contribution in [1.29, 1.82) is 0 Å². The van der Waals surface area contributed by atoms with Gasteiger partial charge >= 0.3 is 0 Å². The Bertz CT molecular complexity index is 664. The third kappa shape index (κ3) is 4.02. The molecule has 2 aromatic carbocycles. The van der Waals surface area contributed by atoms with Crippen LogP contribution in [-0.4, -0.2) is 31.2 Å². The third-order valence-corrected chi connectivity index (χ3v) is 4.40. The van der Waals surface area contributed by atoms with Gasteiger partial charge in [0.15, 0.2) is 0 Å². The number of fused-ring (bicyclic) bond motifs is 1. The van der Waals surface area contributed by atoms with Crippen LogP contribution < -0.4 is 11.1 Å². The second kappa shape index (κ2) is 7.77. The molecule has 0 spiro atoms. The number of hydrogen-bond donors (Lipinski definition) is 2. The summed E-state index contributed by atoms with van der Waals surface area (Å²) in [5.41, 5.74) is 6.66. The second-order valence-electron chi connectivity index (χ2n) is 5.91. The van der Waals surface area contributed by atoms with Gasteiger partial charge in [0.25, 0.3) is 0 Å². The van der Waals surface area contributed by atoms with E-state index in [4.69, 9.17) is 10.5 Å². The molecule has 3 N–H and O–H groups in total. The molecular weight excluding hydrogens is 312 g/mol. The Morgan fingerprint density at radius 1 is 1.13 bits per heavy atom. The van der Waals surface area contributed by atoms with Gasteiger partial charge in [0.05, 0.1) is 5.54 Å². The maximum atomic E-state index is 12.3. The van der Waals surface area contributed by atoms with Crippen molar-refractivity contribution < 1.29 is 9.53 Å². The highest BCUT2D eigenvalue weighted by Gasteiger charge is 2.35. The molecular formula is C18H23ClN2O2. The second-order valence-corrected chi connectivity index (χ2v) is 5.91. The monoisotopic (exact) mass is 334 g/mol. The van der Waals surface area contributed by atoms with Gasteiger partial charge in [-0.15, -0.1) is 12.4 Å². The number of carbonyl (C=O) groups is 1. The van der Waals surface area contributed by atoms with Gasteiger partial charge in [-0.25, -0.2) is 0 Å². The summed E-state index contributed by atoms with van der Waals surface area (Å²) in [5.74, 6) is -0.0592. The lowest BCUT2D eigenvalue weighted by atomic mass is 9.90. The Labute approximate surface area is 142 Å². The molecule has 1 aliphatic rings. The number of nitrogens with two attached hydrogens (primary N) is 1. The molecule has 0 unspecified atom stereocenters. The van der Waals surface area contributed by atoms with Crippen LogP contribution in [0.1, 0.15) is 18.4 Å². The van der Waals surface area contributed by atoms with Gasteiger partial charge in [-0.1, -0.05) is 42.5 Å². The van der Waals surface area contributed by atoms with Crippen LogP contribution >= 0.6 is 12.4 Å². The van der Waals surface area contributed by atoms with Crippen LogP contribution in [0.5, 0.6) is 0 Å². The van der Waals surface area contributed by atoms with E-state index in [-0.39, 0.29) is 18.3 Å². The van der Waals surface area contributed by atoms with Crippen molar-refractivity contribution in [2.24, 2.45) is 5.73 Å². The Morgan fingerprint density at radius 3 is 2.61 bits per heavy atom. The lowest BCUT2D eigenvalue weighted by Crippen LogP contribution is -2.57. The minimum absolute atomic E-state index is 0. The SMILES string of the molecule is Cl.NC1(C(=O)NCCc2cccc3ccccc23)CCOCC1. The summed E-state index contributed by atoms with van der Waals surface area (Å²) >= 11 is 0. The van der Waals surface area contributed by atoms with Gasteiger partial charge < -0.3 is 15.8 Å². The zero-order chi connectivity index (χ0) is 15.4. The fraction of sp³-hybridized carbons (Fsp3) is 0.389. The molecule has 1 aliphatic heterocycles. The molecule has 1 heterocycles. The number of hydrogen-bond acceptors (Lipinski definition) is 3. The summed E-state index contributed by atoms with van der Waals surface area (Å²) in [6.45, 7) is 1.73. The molecule has 1 amide bonds.